The van der Waals surface area contributed by atoms with Gasteiger partial charge in [0.1, 0.15) is 12.1 Å². The van der Waals surface area contributed by atoms with E-state index in [-0.39, 0.29) is 17.4 Å². The lowest BCUT2D eigenvalue weighted by Crippen LogP contribution is -2.03. The molecule has 0 radical (unpaired) electrons. The molecule has 0 spiro atoms. The van der Waals surface area contributed by atoms with Crippen LogP contribution in [-0.2, 0) is 6.42 Å². The van der Waals surface area contributed by atoms with Crippen molar-refractivity contribution in [2.24, 2.45) is 0 Å². The van der Waals surface area contributed by atoms with Gasteiger partial charge >= 0.3 is 11.6 Å². The molecule has 1 aromatic heterocycles. The minimum absolute atomic E-state index is 0.0741. The Morgan fingerprint density at radius 3 is 2.48 bits per heavy atom. The van der Waals surface area contributed by atoms with Crippen molar-refractivity contribution in [2.45, 2.75) is 13.3 Å². The van der Waals surface area contributed by atoms with Crippen molar-refractivity contribution in [3.63, 3.8) is 0 Å². The number of ether oxygens (including phenoxy) is 1. The third-order valence-corrected chi connectivity index (χ3v) is 4.53. The fourth-order valence-electron chi connectivity index (χ4n) is 3.00. The van der Waals surface area contributed by atoms with Gasteiger partial charge in [-0.2, -0.15) is 4.98 Å². The van der Waals surface area contributed by atoms with Crippen LogP contribution in [0.25, 0.3) is 10.8 Å². The second kappa shape index (κ2) is 7.93. The molecule has 4 rings (SSSR count). The molecule has 0 saturated heterocycles. The molecule has 3 aromatic carbocycles. The Hall–Kier alpha value is -4.00. The summed E-state index contributed by atoms with van der Waals surface area (Å²) >= 11 is 0. The second-order valence-electron chi connectivity index (χ2n) is 6.42. The first-order chi connectivity index (χ1) is 14.1. The quantitative estimate of drug-likeness (QED) is 0.341. The largest absolute Gasteiger partial charge is 0.434 e. The van der Waals surface area contributed by atoms with Crippen molar-refractivity contribution < 1.29 is 9.66 Å². The molecule has 0 fully saturated rings. The van der Waals surface area contributed by atoms with E-state index >= 15 is 0 Å². The lowest BCUT2D eigenvalue weighted by atomic mass is 10.1. The van der Waals surface area contributed by atoms with Gasteiger partial charge in [-0.1, -0.05) is 49.4 Å². The van der Waals surface area contributed by atoms with Gasteiger partial charge in [0.25, 0.3) is 0 Å². The van der Waals surface area contributed by atoms with Crippen molar-refractivity contribution in [1.29, 1.82) is 0 Å². The van der Waals surface area contributed by atoms with Gasteiger partial charge in [-0.15, -0.1) is 0 Å². The van der Waals surface area contributed by atoms with Crippen molar-refractivity contribution in [3.8, 4) is 11.6 Å². The highest BCUT2D eigenvalue weighted by Gasteiger charge is 2.25. The molecule has 1 heterocycles. The van der Waals surface area contributed by atoms with Crippen LogP contribution < -0.4 is 10.1 Å². The number of rotatable bonds is 6. The first-order valence-corrected chi connectivity index (χ1v) is 9.16. The Morgan fingerprint density at radius 1 is 1.00 bits per heavy atom. The summed E-state index contributed by atoms with van der Waals surface area (Å²) in [4.78, 5) is 19.2. The summed E-state index contributed by atoms with van der Waals surface area (Å²) in [5.74, 6) is 0.418. The van der Waals surface area contributed by atoms with E-state index in [9.17, 15) is 10.1 Å². The number of aromatic nitrogens is 2. The Morgan fingerprint density at radius 2 is 1.76 bits per heavy atom. The average molecular weight is 386 g/mol. The van der Waals surface area contributed by atoms with Gasteiger partial charge in [-0.05, 0) is 47.0 Å². The van der Waals surface area contributed by atoms with E-state index in [0.717, 1.165) is 17.2 Å². The zero-order chi connectivity index (χ0) is 20.2. The average Bonchev–Trinajstić information content (AvgIpc) is 2.74. The predicted octanol–water partition coefficient (Wildman–Crippen LogP) is 5.64. The normalized spacial score (nSPS) is 10.7. The molecule has 1 N–H and O–H groups in total. The fraction of sp³-hybridized carbons (Fsp3) is 0.0909. The smallest absolute Gasteiger partial charge is 0.373 e. The summed E-state index contributed by atoms with van der Waals surface area (Å²) in [6, 6.07) is 20.9. The van der Waals surface area contributed by atoms with E-state index < -0.39 is 4.92 Å². The molecular weight excluding hydrogens is 368 g/mol. The molecule has 0 aliphatic carbocycles. The van der Waals surface area contributed by atoms with Gasteiger partial charge in [0.15, 0.2) is 0 Å². The second-order valence-corrected chi connectivity index (χ2v) is 6.42. The summed E-state index contributed by atoms with van der Waals surface area (Å²) in [5, 5.41) is 16.7. The zero-order valence-electron chi connectivity index (χ0n) is 15.7. The number of fused-ring (bicyclic) bond motifs is 1. The summed E-state index contributed by atoms with van der Waals surface area (Å²) < 4.78 is 5.76. The van der Waals surface area contributed by atoms with Crippen LogP contribution in [0.5, 0.6) is 11.6 Å². The maximum Gasteiger partial charge on any atom is 0.373 e. The van der Waals surface area contributed by atoms with Crippen molar-refractivity contribution in [3.05, 3.63) is 88.7 Å². The Bertz CT molecular complexity index is 1180. The summed E-state index contributed by atoms with van der Waals surface area (Å²) in [7, 11) is 0. The molecule has 7 nitrogen and oxygen atoms in total. The number of nitrogens with zero attached hydrogens (tertiary/aromatic N) is 3. The van der Waals surface area contributed by atoms with E-state index in [1.807, 2.05) is 60.7 Å². The Labute approximate surface area is 167 Å². The van der Waals surface area contributed by atoms with Gasteiger partial charge in [0, 0.05) is 5.69 Å². The fourth-order valence-corrected chi connectivity index (χ4v) is 3.00. The highest BCUT2D eigenvalue weighted by Crippen LogP contribution is 2.36. The van der Waals surface area contributed by atoms with Crippen LogP contribution in [0.2, 0.25) is 0 Å². The molecule has 0 saturated carbocycles. The van der Waals surface area contributed by atoms with Crippen LogP contribution in [0.1, 0.15) is 12.5 Å². The molecule has 144 valence electrons. The third kappa shape index (κ3) is 3.98. The number of hydrogen-bond acceptors (Lipinski definition) is 6. The Kier molecular flexibility index (Phi) is 5.03. The van der Waals surface area contributed by atoms with Crippen molar-refractivity contribution in [2.75, 3.05) is 5.32 Å². The monoisotopic (exact) mass is 386 g/mol. The molecule has 0 atom stereocenters. The molecule has 0 amide bonds. The van der Waals surface area contributed by atoms with Gasteiger partial charge in [-0.3, -0.25) is 10.1 Å². The van der Waals surface area contributed by atoms with Crippen LogP contribution in [0.3, 0.4) is 0 Å². The minimum atomic E-state index is -0.543. The molecule has 0 aliphatic heterocycles. The number of nitrogens with one attached hydrogen (secondary N) is 1. The SMILES string of the molecule is CCc1ccc(Nc2ncnc(Oc3ccc4ccccc4c3)c2[N+](=O)[O-])cc1. The van der Waals surface area contributed by atoms with Crippen molar-refractivity contribution in [1.82, 2.24) is 9.97 Å². The maximum absolute atomic E-state index is 11.7. The highest BCUT2D eigenvalue weighted by molar-refractivity contribution is 5.83. The van der Waals surface area contributed by atoms with Crippen LogP contribution in [0, 0.1) is 10.1 Å². The summed E-state index contributed by atoms with van der Waals surface area (Å²) in [6.45, 7) is 2.06. The standard InChI is InChI=1S/C22H18N4O3/c1-2-15-7-10-18(11-8-15)25-21-20(26(27)28)22(24-14-23-21)29-19-12-9-16-5-3-4-6-17(16)13-19/h3-14H,2H2,1H3,(H,23,24,25). The maximum atomic E-state index is 11.7. The predicted molar refractivity (Wildman–Crippen MR) is 112 cm³/mol. The molecule has 0 bridgehead atoms. The molecule has 0 aliphatic rings. The highest BCUT2D eigenvalue weighted by atomic mass is 16.6. The van der Waals surface area contributed by atoms with E-state index in [1.165, 1.54) is 11.9 Å². The Balaban J connectivity index is 1.67. The van der Waals surface area contributed by atoms with Crippen LogP contribution >= 0.6 is 0 Å². The van der Waals surface area contributed by atoms with Crippen LogP contribution in [0.4, 0.5) is 17.2 Å². The molecule has 29 heavy (non-hydrogen) atoms. The van der Waals surface area contributed by atoms with Crippen molar-refractivity contribution >= 4 is 28.0 Å². The number of hydrogen-bond donors (Lipinski definition) is 1. The molecule has 4 aromatic rings. The third-order valence-electron chi connectivity index (χ3n) is 4.53. The van der Waals surface area contributed by atoms with Gasteiger partial charge in [0.2, 0.25) is 5.82 Å². The van der Waals surface area contributed by atoms with Crippen LogP contribution in [-0.4, -0.2) is 14.9 Å². The van der Waals surface area contributed by atoms with Gasteiger partial charge in [0.05, 0.1) is 4.92 Å². The van der Waals surface area contributed by atoms with E-state index in [1.54, 1.807) is 6.07 Å². The lowest BCUT2D eigenvalue weighted by molar-refractivity contribution is -0.385. The summed E-state index contributed by atoms with van der Waals surface area (Å²) in [5.41, 5.74) is 1.55. The summed E-state index contributed by atoms with van der Waals surface area (Å²) in [6.07, 6.45) is 2.16. The first-order valence-electron chi connectivity index (χ1n) is 9.16. The topological polar surface area (TPSA) is 90.2 Å². The molecule has 0 unspecified atom stereocenters. The molecular formula is C22H18N4O3. The lowest BCUT2D eigenvalue weighted by Gasteiger charge is -2.10. The molecule has 7 heteroatoms. The minimum Gasteiger partial charge on any atom is -0.434 e. The van der Waals surface area contributed by atoms with E-state index in [4.69, 9.17) is 4.74 Å². The van der Waals surface area contributed by atoms with E-state index in [2.05, 4.69) is 22.2 Å². The van der Waals surface area contributed by atoms with Gasteiger partial charge < -0.3 is 10.1 Å². The zero-order valence-corrected chi connectivity index (χ0v) is 15.7. The van der Waals surface area contributed by atoms with E-state index in [0.29, 0.717) is 11.4 Å². The first kappa shape index (κ1) is 18.4. The number of aryl methyl sites for hydroxylation is 1. The number of benzene rings is 3. The van der Waals surface area contributed by atoms with Gasteiger partial charge in [-0.25, -0.2) is 4.98 Å². The number of nitro groups is 1. The van der Waals surface area contributed by atoms with Crippen LogP contribution in [0.15, 0.2) is 73.1 Å². The number of anilines is 2.